The van der Waals surface area contributed by atoms with E-state index in [0.717, 1.165) is 55.6 Å². The Morgan fingerprint density at radius 1 is 0.595 bits per heavy atom. The number of aromatic amines is 2. The van der Waals surface area contributed by atoms with E-state index < -0.39 is 53.6 Å². The van der Waals surface area contributed by atoms with Crippen LogP contribution in [0.3, 0.4) is 0 Å². The van der Waals surface area contributed by atoms with Crippen LogP contribution < -0.4 is 31.9 Å². The van der Waals surface area contributed by atoms with Crippen LogP contribution in [0.4, 0.5) is 0 Å². The van der Waals surface area contributed by atoms with Gasteiger partial charge in [-0.1, -0.05) is 73.4 Å². The SMILES string of the molecule is CC(C)COC(=O)[C@H](CNC(=O)c1cccs1)NC(=O)c1sc(C(=O)NCc2cccc3[nH]ncc23)cc1Cl.O=C(NC[C@H](NC(=O)c1sc(C(=O)NCc2cccc3[nH]ncc23)cc1Cl)C(=O)O)c1cccs1. The third-order valence-corrected chi connectivity index (χ3v) is 15.3. The Kier molecular flexibility index (Phi) is 18.7. The van der Waals surface area contributed by atoms with Crippen molar-refractivity contribution in [2.75, 3.05) is 19.7 Å². The molecule has 26 heteroatoms. The minimum absolute atomic E-state index is 0.00964. The van der Waals surface area contributed by atoms with E-state index in [-0.39, 0.29) is 74.2 Å². The lowest BCUT2D eigenvalue weighted by Crippen LogP contribution is -2.49. The molecule has 8 rings (SSSR count). The van der Waals surface area contributed by atoms with Gasteiger partial charge in [0.15, 0.2) is 0 Å². The predicted octanol–water partition coefficient (Wildman–Crippen LogP) is 6.88. The van der Waals surface area contributed by atoms with Crippen LogP contribution in [0, 0.1) is 5.92 Å². The van der Waals surface area contributed by atoms with E-state index in [4.69, 9.17) is 27.9 Å². The molecule has 0 aliphatic carbocycles. The van der Waals surface area contributed by atoms with Crippen LogP contribution >= 0.6 is 68.5 Å². The highest BCUT2D eigenvalue weighted by atomic mass is 35.5. The summed E-state index contributed by atoms with van der Waals surface area (Å²) >= 11 is 16.7. The molecule has 0 radical (unpaired) electrons. The van der Waals surface area contributed by atoms with Gasteiger partial charge in [0.25, 0.3) is 35.4 Å². The molecule has 9 N–H and O–H groups in total. The number of esters is 1. The lowest BCUT2D eigenvalue weighted by atomic mass is 10.1. The summed E-state index contributed by atoms with van der Waals surface area (Å²) in [6, 6.07) is 18.1. The highest BCUT2D eigenvalue weighted by Crippen LogP contribution is 2.29. The van der Waals surface area contributed by atoms with Gasteiger partial charge in [-0.25, -0.2) is 9.59 Å². The van der Waals surface area contributed by atoms with Crippen molar-refractivity contribution in [2.45, 2.75) is 39.0 Å². The van der Waals surface area contributed by atoms with Gasteiger partial charge in [-0.15, -0.1) is 45.3 Å². The van der Waals surface area contributed by atoms with Crippen LogP contribution in [0.1, 0.15) is 83.0 Å². The topological polar surface area (TPSA) is 296 Å². The average molecular weight is 1120 g/mol. The van der Waals surface area contributed by atoms with E-state index >= 15 is 0 Å². The van der Waals surface area contributed by atoms with Gasteiger partial charge in [0.2, 0.25) is 0 Å². The highest BCUT2D eigenvalue weighted by Gasteiger charge is 2.28. The molecular formula is C48H44Cl2N10O10S4. The first-order chi connectivity index (χ1) is 35.6. The van der Waals surface area contributed by atoms with Gasteiger partial charge in [-0.3, -0.25) is 39.0 Å². The minimum atomic E-state index is -1.39. The summed E-state index contributed by atoms with van der Waals surface area (Å²) in [6.07, 6.45) is 3.36. The van der Waals surface area contributed by atoms with Crippen molar-refractivity contribution in [3.05, 3.63) is 146 Å². The number of amides is 6. The number of ether oxygens (including phenoxy) is 1. The fraction of sp³-hybridized carbons (Fsp3) is 0.208. The van der Waals surface area contributed by atoms with Crippen molar-refractivity contribution >= 4 is 138 Å². The maximum Gasteiger partial charge on any atom is 0.330 e. The summed E-state index contributed by atoms with van der Waals surface area (Å²) in [5.74, 6) is -5.03. The maximum absolute atomic E-state index is 13.1. The molecule has 2 aromatic carbocycles. The number of halogens is 2. The van der Waals surface area contributed by atoms with E-state index in [9.17, 15) is 43.5 Å². The van der Waals surface area contributed by atoms with Crippen LogP contribution in [0.25, 0.3) is 21.8 Å². The van der Waals surface area contributed by atoms with Gasteiger partial charge in [-0.05, 0) is 64.2 Å². The zero-order valence-electron chi connectivity index (χ0n) is 38.9. The van der Waals surface area contributed by atoms with E-state index in [1.165, 1.54) is 34.8 Å². The zero-order chi connectivity index (χ0) is 52.9. The molecule has 384 valence electrons. The molecule has 0 aliphatic heterocycles. The maximum atomic E-state index is 13.1. The lowest BCUT2D eigenvalue weighted by molar-refractivity contribution is -0.146. The number of thiophene rings is 4. The van der Waals surface area contributed by atoms with Crippen molar-refractivity contribution in [1.82, 2.24) is 52.3 Å². The molecule has 8 aromatic rings. The Morgan fingerprint density at radius 2 is 1.04 bits per heavy atom. The third-order valence-electron chi connectivity index (χ3n) is 10.4. The number of rotatable bonds is 20. The van der Waals surface area contributed by atoms with Gasteiger partial charge in [0, 0.05) is 37.0 Å². The predicted molar refractivity (Wildman–Crippen MR) is 282 cm³/mol. The Balaban J connectivity index is 0.000000217. The normalized spacial score (nSPS) is 11.7. The third kappa shape index (κ3) is 14.2. The second-order valence-corrected chi connectivity index (χ2v) is 21.0. The standard InChI is InChI=1S/C26H26ClN5O5S2.C22H18ClN5O5S2/c1-14(2)13-37-26(36)19(12-29-23(33)20-7-4-8-38-20)31-25(35)22-17(27)9-21(39-22)24(34)28-10-15-5-3-6-18-16(15)11-30-32-18;23-13-7-17(20(30)24-8-11-3-1-4-14-12(11)9-26-28-14)35-18(13)21(31)27-15(22(32)33)10-25-19(29)16-5-2-6-34-16/h3-9,11,14,19H,10,12-13H2,1-2H3,(H,28,34)(H,29,33)(H,30,32)(H,31,35);1-7,9,15H,8,10H2,(H,24,30)(H,25,29)(H,26,28)(H,27,31)(H,32,33)/t19-;15-/m00/s1. The first-order valence-electron chi connectivity index (χ1n) is 22.2. The first-order valence-corrected chi connectivity index (χ1v) is 26.3. The molecule has 0 unspecified atom stereocenters. The van der Waals surface area contributed by atoms with Crippen molar-refractivity contribution in [3.8, 4) is 0 Å². The Hall–Kier alpha value is -7.48. The number of carbonyl (C=O) groups excluding carboxylic acids is 7. The summed E-state index contributed by atoms with van der Waals surface area (Å²) < 4.78 is 5.29. The number of nitrogens with zero attached hydrogens (tertiary/aromatic N) is 2. The molecule has 6 amide bonds. The summed E-state index contributed by atoms with van der Waals surface area (Å²) in [4.78, 5) is 101. The molecule has 0 saturated carbocycles. The smallest absolute Gasteiger partial charge is 0.330 e. The van der Waals surface area contributed by atoms with Gasteiger partial charge < -0.3 is 41.7 Å². The number of H-pyrrole nitrogens is 2. The number of carbonyl (C=O) groups is 8. The fourth-order valence-corrected chi connectivity index (χ4v) is 10.5. The number of benzene rings is 2. The number of carboxylic acids is 1. The summed E-state index contributed by atoms with van der Waals surface area (Å²) in [5, 5.41) is 44.2. The van der Waals surface area contributed by atoms with Crippen molar-refractivity contribution in [2.24, 2.45) is 5.92 Å². The Bertz CT molecular complexity index is 3310. The van der Waals surface area contributed by atoms with Crippen molar-refractivity contribution < 1.29 is 48.2 Å². The molecule has 0 spiro atoms. The molecule has 0 bridgehead atoms. The Morgan fingerprint density at radius 3 is 1.47 bits per heavy atom. The van der Waals surface area contributed by atoms with E-state index in [1.807, 2.05) is 50.2 Å². The monoisotopic (exact) mass is 1120 g/mol. The van der Waals surface area contributed by atoms with Crippen molar-refractivity contribution in [3.63, 3.8) is 0 Å². The first kappa shape index (κ1) is 54.3. The zero-order valence-corrected chi connectivity index (χ0v) is 43.7. The van der Waals surface area contributed by atoms with Gasteiger partial charge in [0.05, 0.1) is 59.6 Å². The lowest BCUT2D eigenvalue weighted by Gasteiger charge is -2.18. The number of aromatic nitrogens is 4. The molecule has 2 atom stereocenters. The highest BCUT2D eigenvalue weighted by molar-refractivity contribution is 7.17. The summed E-state index contributed by atoms with van der Waals surface area (Å²) in [5.41, 5.74) is 3.43. The number of carboxylic acid groups (broad SMARTS) is 1. The number of aliphatic carboxylic acids is 1. The van der Waals surface area contributed by atoms with Crippen LogP contribution in [0.5, 0.6) is 0 Å². The van der Waals surface area contributed by atoms with Crippen LogP contribution in [-0.4, -0.2) is 105 Å². The summed E-state index contributed by atoms with van der Waals surface area (Å²) in [6.45, 7) is 3.89. The van der Waals surface area contributed by atoms with Crippen LogP contribution in [-0.2, 0) is 27.4 Å². The van der Waals surface area contributed by atoms with Crippen molar-refractivity contribution in [1.29, 1.82) is 0 Å². The number of hydrogen-bond acceptors (Lipinski definition) is 15. The Labute approximate surface area is 446 Å². The van der Waals surface area contributed by atoms with E-state index in [1.54, 1.807) is 47.4 Å². The van der Waals surface area contributed by atoms with Gasteiger partial charge in [-0.2, -0.15) is 10.2 Å². The van der Waals surface area contributed by atoms with E-state index in [0.29, 0.717) is 9.75 Å². The number of nitrogens with one attached hydrogen (secondary N) is 8. The molecule has 0 aliphatic rings. The molecule has 74 heavy (non-hydrogen) atoms. The summed E-state index contributed by atoms with van der Waals surface area (Å²) in [7, 11) is 0. The average Bonchev–Trinajstić information content (AvgIpc) is 4.25. The second kappa shape index (κ2) is 25.5. The molecule has 6 heterocycles. The number of hydrogen-bond donors (Lipinski definition) is 9. The minimum Gasteiger partial charge on any atom is -0.480 e. The quantitative estimate of drug-likeness (QED) is 0.0353. The number of fused-ring (bicyclic) bond motifs is 2. The molecule has 6 aromatic heterocycles. The van der Waals surface area contributed by atoms with Gasteiger partial charge in [0.1, 0.15) is 21.8 Å². The van der Waals surface area contributed by atoms with E-state index in [2.05, 4.69) is 52.3 Å². The van der Waals surface area contributed by atoms with Crippen LogP contribution in [0.2, 0.25) is 10.0 Å². The molecular weight excluding hydrogens is 1080 g/mol. The van der Waals surface area contributed by atoms with Gasteiger partial charge >= 0.3 is 11.9 Å². The largest absolute Gasteiger partial charge is 0.480 e. The fourth-order valence-electron chi connectivity index (χ4n) is 6.73. The second-order valence-electron chi connectivity index (χ2n) is 16.2. The molecule has 20 nitrogen and oxygen atoms in total. The molecule has 0 saturated heterocycles. The molecule has 0 fully saturated rings. The van der Waals surface area contributed by atoms with Crippen LogP contribution in [0.15, 0.2) is 96.0 Å².